The highest BCUT2D eigenvalue weighted by Gasteiger charge is 2.16. The van der Waals surface area contributed by atoms with Gasteiger partial charge in [-0.3, -0.25) is 0 Å². The average Bonchev–Trinajstić information content (AvgIpc) is 2.94. The fourth-order valence-electron chi connectivity index (χ4n) is 1.85. The van der Waals surface area contributed by atoms with Gasteiger partial charge < -0.3 is 5.11 Å². The van der Waals surface area contributed by atoms with Crippen LogP contribution >= 0.6 is 0 Å². The van der Waals surface area contributed by atoms with Crippen molar-refractivity contribution in [3.63, 3.8) is 0 Å². The molecule has 0 spiro atoms. The second-order valence-corrected chi connectivity index (χ2v) is 3.98. The molecule has 1 aromatic carbocycles. The van der Waals surface area contributed by atoms with Crippen molar-refractivity contribution in [1.29, 1.82) is 5.26 Å². The minimum atomic E-state index is -1.12. The van der Waals surface area contributed by atoms with Crippen LogP contribution in [0, 0.1) is 11.3 Å². The number of nitriles is 1. The Hall–Kier alpha value is -3.27. The molecule has 7 nitrogen and oxygen atoms in total. The van der Waals surface area contributed by atoms with Crippen molar-refractivity contribution >= 4 is 16.9 Å². The van der Waals surface area contributed by atoms with E-state index in [1.165, 1.54) is 17.1 Å². The summed E-state index contributed by atoms with van der Waals surface area (Å²) in [6.07, 6.45) is 1.27. The van der Waals surface area contributed by atoms with E-state index in [1.807, 2.05) is 6.07 Å². The summed E-state index contributed by atoms with van der Waals surface area (Å²) in [5.41, 5.74) is 0.639. The van der Waals surface area contributed by atoms with Crippen molar-refractivity contribution in [3.8, 4) is 11.9 Å². The van der Waals surface area contributed by atoms with Gasteiger partial charge in [-0.25, -0.2) is 19.4 Å². The number of hydrogen-bond acceptors (Lipinski definition) is 5. The Morgan fingerprint density at radius 3 is 2.85 bits per heavy atom. The smallest absolute Gasteiger partial charge is 0.339 e. The fraction of sp³-hybridized carbons (Fsp3) is 0. The molecule has 1 N–H and O–H groups in total. The number of carboxylic acid groups (broad SMARTS) is 1. The molecule has 0 saturated carbocycles. The van der Waals surface area contributed by atoms with Crippen LogP contribution in [0.1, 0.15) is 16.2 Å². The summed E-state index contributed by atoms with van der Waals surface area (Å²) in [7, 11) is 0. The van der Waals surface area contributed by atoms with Crippen molar-refractivity contribution in [2.75, 3.05) is 0 Å². The lowest BCUT2D eigenvalue weighted by Crippen LogP contribution is -2.09. The maximum Gasteiger partial charge on any atom is 0.339 e. The zero-order chi connectivity index (χ0) is 14.1. The summed E-state index contributed by atoms with van der Waals surface area (Å²) in [4.78, 5) is 19.4. The van der Waals surface area contributed by atoms with Gasteiger partial charge in [0.15, 0.2) is 5.82 Å². The molecular formula is C13H7N5O2. The average molecular weight is 265 g/mol. The molecule has 0 aliphatic carbocycles. The minimum absolute atomic E-state index is 0.00177. The summed E-state index contributed by atoms with van der Waals surface area (Å²) >= 11 is 0. The lowest BCUT2D eigenvalue weighted by Gasteiger charge is -2.06. The van der Waals surface area contributed by atoms with E-state index >= 15 is 0 Å². The van der Waals surface area contributed by atoms with Crippen molar-refractivity contribution in [2.24, 2.45) is 0 Å². The van der Waals surface area contributed by atoms with Gasteiger partial charge in [0.2, 0.25) is 0 Å². The summed E-state index contributed by atoms with van der Waals surface area (Å²) < 4.78 is 1.19. The highest BCUT2D eigenvalue weighted by Crippen LogP contribution is 2.19. The van der Waals surface area contributed by atoms with Crippen LogP contribution in [0.5, 0.6) is 0 Å². The molecule has 0 bridgehead atoms. The molecule has 0 amide bonds. The van der Waals surface area contributed by atoms with E-state index in [1.54, 1.807) is 24.3 Å². The summed E-state index contributed by atoms with van der Waals surface area (Å²) in [5.74, 6) is -1.03. The van der Waals surface area contributed by atoms with Crippen LogP contribution in [-0.2, 0) is 0 Å². The van der Waals surface area contributed by atoms with E-state index in [9.17, 15) is 9.90 Å². The van der Waals surface area contributed by atoms with Crippen LogP contribution in [0.25, 0.3) is 16.7 Å². The molecule has 3 rings (SSSR count). The Labute approximate surface area is 112 Å². The van der Waals surface area contributed by atoms with E-state index < -0.39 is 5.97 Å². The van der Waals surface area contributed by atoms with E-state index in [4.69, 9.17) is 5.26 Å². The number of benzene rings is 1. The fourth-order valence-corrected chi connectivity index (χ4v) is 1.85. The quantitative estimate of drug-likeness (QED) is 0.750. The monoisotopic (exact) mass is 265 g/mol. The largest absolute Gasteiger partial charge is 0.478 e. The third kappa shape index (κ3) is 1.85. The molecule has 0 aliphatic rings. The lowest BCUT2D eigenvalue weighted by molar-refractivity contribution is 0.0696. The summed E-state index contributed by atoms with van der Waals surface area (Å²) in [6, 6.07) is 10.5. The molecule has 0 unspecified atom stereocenters. The third-order valence-electron chi connectivity index (χ3n) is 2.74. The molecule has 0 atom stereocenters. The lowest BCUT2D eigenvalue weighted by atomic mass is 10.1. The van der Waals surface area contributed by atoms with Gasteiger partial charge in [0.05, 0.1) is 5.52 Å². The van der Waals surface area contributed by atoms with Crippen molar-refractivity contribution in [2.45, 2.75) is 0 Å². The van der Waals surface area contributed by atoms with E-state index in [2.05, 4.69) is 15.1 Å². The number of para-hydroxylation sites is 1. The molecule has 2 heterocycles. The van der Waals surface area contributed by atoms with Crippen LogP contribution in [0.15, 0.2) is 36.7 Å². The van der Waals surface area contributed by atoms with E-state index in [-0.39, 0.29) is 17.2 Å². The zero-order valence-electron chi connectivity index (χ0n) is 10.1. The Morgan fingerprint density at radius 2 is 2.15 bits per heavy atom. The Kier molecular flexibility index (Phi) is 2.62. The standard InChI is InChI=1S/C13H7N5O2/c14-6-11-15-7-18(17-11)12-9(13(19)20)5-8-3-1-2-4-10(8)16-12/h1-5,7H,(H,19,20). The number of pyridine rings is 1. The minimum Gasteiger partial charge on any atom is -0.478 e. The second-order valence-electron chi connectivity index (χ2n) is 3.98. The number of fused-ring (bicyclic) bond motifs is 1. The van der Waals surface area contributed by atoms with Crippen LogP contribution in [-0.4, -0.2) is 30.8 Å². The zero-order valence-corrected chi connectivity index (χ0v) is 10.1. The van der Waals surface area contributed by atoms with Crippen LogP contribution in [0.2, 0.25) is 0 Å². The third-order valence-corrected chi connectivity index (χ3v) is 2.74. The van der Waals surface area contributed by atoms with Gasteiger partial charge in [-0.1, -0.05) is 18.2 Å². The first-order valence-electron chi connectivity index (χ1n) is 5.64. The second kappa shape index (κ2) is 4.44. The molecular weight excluding hydrogens is 258 g/mol. The molecule has 2 aromatic heterocycles. The number of nitrogens with zero attached hydrogens (tertiary/aromatic N) is 5. The predicted octanol–water partition coefficient (Wildman–Crippen LogP) is 1.39. The maximum atomic E-state index is 11.3. The molecule has 0 saturated heterocycles. The number of aromatic carboxylic acids is 1. The SMILES string of the molecule is N#Cc1ncn(-c2nc3ccccc3cc2C(=O)O)n1. The normalized spacial score (nSPS) is 10.3. The number of hydrogen-bond donors (Lipinski definition) is 1. The van der Waals surface area contributed by atoms with Crippen molar-refractivity contribution in [3.05, 3.63) is 48.0 Å². The topological polar surface area (TPSA) is 105 Å². The first kappa shape index (κ1) is 11.8. The Morgan fingerprint density at radius 1 is 1.35 bits per heavy atom. The molecule has 0 radical (unpaired) electrons. The first-order chi connectivity index (χ1) is 9.69. The molecule has 96 valence electrons. The number of aromatic nitrogens is 4. The van der Waals surface area contributed by atoms with E-state index in [0.29, 0.717) is 10.9 Å². The molecule has 7 heteroatoms. The van der Waals surface area contributed by atoms with E-state index in [0.717, 1.165) is 0 Å². The van der Waals surface area contributed by atoms with Gasteiger partial charge in [0.1, 0.15) is 18.0 Å². The Bertz CT molecular complexity index is 863. The number of rotatable bonds is 2. The highest BCUT2D eigenvalue weighted by molar-refractivity contribution is 5.96. The molecule has 0 aliphatic heterocycles. The van der Waals surface area contributed by atoms with Gasteiger partial charge in [-0.05, 0) is 12.1 Å². The van der Waals surface area contributed by atoms with Gasteiger partial charge in [-0.15, -0.1) is 5.10 Å². The summed E-state index contributed by atoms with van der Waals surface area (Å²) in [5, 5.41) is 22.6. The highest BCUT2D eigenvalue weighted by atomic mass is 16.4. The van der Waals surface area contributed by atoms with Crippen LogP contribution < -0.4 is 0 Å². The Balaban J connectivity index is 2.29. The summed E-state index contributed by atoms with van der Waals surface area (Å²) in [6.45, 7) is 0. The molecule has 0 fully saturated rings. The number of carbonyl (C=O) groups is 1. The first-order valence-corrected chi connectivity index (χ1v) is 5.64. The molecule has 3 aromatic rings. The maximum absolute atomic E-state index is 11.3. The molecule has 20 heavy (non-hydrogen) atoms. The van der Waals surface area contributed by atoms with Crippen LogP contribution in [0.3, 0.4) is 0 Å². The van der Waals surface area contributed by atoms with Crippen molar-refractivity contribution < 1.29 is 9.90 Å². The van der Waals surface area contributed by atoms with Gasteiger partial charge in [-0.2, -0.15) is 5.26 Å². The predicted molar refractivity (Wildman–Crippen MR) is 68.3 cm³/mol. The van der Waals surface area contributed by atoms with Gasteiger partial charge >= 0.3 is 5.97 Å². The van der Waals surface area contributed by atoms with Gasteiger partial charge in [0, 0.05) is 5.39 Å². The number of carboxylic acids is 1. The van der Waals surface area contributed by atoms with Crippen LogP contribution in [0.4, 0.5) is 0 Å². The van der Waals surface area contributed by atoms with Gasteiger partial charge in [0.25, 0.3) is 5.82 Å². The van der Waals surface area contributed by atoms with Crippen molar-refractivity contribution in [1.82, 2.24) is 19.7 Å².